The van der Waals surface area contributed by atoms with E-state index in [0.717, 1.165) is 29.5 Å². The van der Waals surface area contributed by atoms with E-state index in [4.69, 9.17) is 9.94 Å². The molecule has 7 nitrogen and oxygen atoms in total. The Hall–Kier alpha value is -3.19. The van der Waals surface area contributed by atoms with Crippen LogP contribution in [0, 0.1) is 6.92 Å². The van der Waals surface area contributed by atoms with Gasteiger partial charge in [-0.1, -0.05) is 66.9 Å². The molecular formula is C25H32N2O5. The lowest BCUT2D eigenvalue weighted by molar-refractivity contribution is -0.145. The van der Waals surface area contributed by atoms with E-state index in [9.17, 15) is 14.4 Å². The number of rotatable bonds is 12. The average molecular weight is 441 g/mol. The van der Waals surface area contributed by atoms with Crippen LogP contribution in [-0.2, 0) is 25.5 Å². The molecule has 0 aromatic heterocycles. The van der Waals surface area contributed by atoms with Gasteiger partial charge in [0.1, 0.15) is 6.04 Å². The molecule has 32 heavy (non-hydrogen) atoms. The van der Waals surface area contributed by atoms with Gasteiger partial charge in [-0.05, 0) is 36.5 Å². The largest absolute Gasteiger partial charge is 0.467 e. The fourth-order valence-corrected chi connectivity index (χ4v) is 3.40. The molecule has 2 aromatic carbocycles. The van der Waals surface area contributed by atoms with Crippen molar-refractivity contribution in [1.29, 1.82) is 0 Å². The molecular weight excluding hydrogens is 408 g/mol. The van der Waals surface area contributed by atoms with Crippen molar-refractivity contribution in [1.82, 2.24) is 10.8 Å². The van der Waals surface area contributed by atoms with Gasteiger partial charge in [0.25, 0.3) is 0 Å². The Kier molecular flexibility index (Phi) is 10.4. The molecule has 1 unspecified atom stereocenters. The first-order chi connectivity index (χ1) is 15.4. The number of benzene rings is 2. The van der Waals surface area contributed by atoms with E-state index >= 15 is 0 Å². The topological polar surface area (TPSA) is 105 Å². The first-order valence-electron chi connectivity index (χ1n) is 10.9. The Labute approximate surface area is 189 Å². The first-order valence-corrected chi connectivity index (χ1v) is 10.9. The standard InChI is InChI=1S/C25H32N2O5/c1-18-9-13-20(14-10-18)21-15-11-19(12-16-21)17-22(25(30)32-2)26-23(28)7-5-3-4-6-8-24(29)27-31/h9-16,22,31H,3-8,17H2,1-2H3,(H,26,28)(H,27,29). The number of hydrogen-bond donors (Lipinski definition) is 3. The molecule has 0 saturated heterocycles. The molecule has 2 rings (SSSR count). The minimum Gasteiger partial charge on any atom is -0.467 e. The van der Waals surface area contributed by atoms with Crippen LogP contribution in [0.3, 0.4) is 0 Å². The van der Waals surface area contributed by atoms with Gasteiger partial charge < -0.3 is 10.1 Å². The number of carbonyl (C=O) groups excluding carboxylic acids is 3. The van der Waals surface area contributed by atoms with Crippen molar-refractivity contribution in [3.05, 3.63) is 59.7 Å². The van der Waals surface area contributed by atoms with Gasteiger partial charge in [-0.25, -0.2) is 10.3 Å². The third-order valence-corrected chi connectivity index (χ3v) is 5.28. The molecule has 0 saturated carbocycles. The highest BCUT2D eigenvalue weighted by molar-refractivity contribution is 5.84. The summed E-state index contributed by atoms with van der Waals surface area (Å²) in [6.07, 6.45) is 3.79. The van der Waals surface area contributed by atoms with Gasteiger partial charge in [0, 0.05) is 19.3 Å². The van der Waals surface area contributed by atoms with Crippen LogP contribution in [0.25, 0.3) is 11.1 Å². The van der Waals surface area contributed by atoms with Crippen LogP contribution in [0.4, 0.5) is 0 Å². The molecule has 0 heterocycles. The highest BCUT2D eigenvalue weighted by Gasteiger charge is 2.21. The summed E-state index contributed by atoms with van der Waals surface area (Å²) in [5.41, 5.74) is 5.94. The zero-order valence-corrected chi connectivity index (χ0v) is 18.7. The lowest BCUT2D eigenvalue weighted by Gasteiger charge is -2.17. The predicted molar refractivity (Wildman–Crippen MR) is 122 cm³/mol. The second kappa shape index (κ2) is 13.3. The third-order valence-electron chi connectivity index (χ3n) is 5.28. The summed E-state index contributed by atoms with van der Waals surface area (Å²) in [7, 11) is 1.31. The van der Waals surface area contributed by atoms with Crippen LogP contribution < -0.4 is 10.8 Å². The quantitative estimate of drug-likeness (QED) is 0.202. The Bertz CT molecular complexity index is 878. The van der Waals surface area contributed by atoms with Crippen molar-refractivity contribution in [2.75, 3.05) is 7.11 Å². The van der Waals surface area contributed by atoms with Crippen molar-refractivity contribution < 1.29 is 24.3 Å². The molecule has 1 atom stereocenters. The average Bonchev–Trinajstić information content (AvgIpc) is 2.81. The Morgan fingerprint density at radius 3 is 1.91 bits per heavy atom. The van der Waals surface area contributed by atoms with Crippen LogP contribution >= 0.6 is 0 Å². The first kappa shape index (κ1) is 25.1. The van der Waals surface area contributed by atoms with Gasteiger partial charge in [-0.15, -0.1) is 0 Å². The summed E-state index contributed by atoms with van der Waals surface area (Å²) in [5, 5.41) is 11.2. The summed E-state index contributed by atoms with van der Waals surface area (Å²) in [4.78, 5) is 35.4. The van der Waals surface area contributed by atoms with E-state index in [1.54, 1.807) is 5.48 Å². The summed E-state index contributed by atoms with van der Waals surface area (Å²) in [6, 6.07) is 15.5. The fourth-order valence-electron chi connectivity index (χ4n) is 3.40. The fraction of sp³-hybridized carbons (Fsp3) is 0.400. The maximum Gasteiger partial charge on any atom is 0.328 e. The highest BCUT2D eigenvalue weighted by Crippen LogP contribution is 2.21. The monoisotopic (exact) mass is 440 g/mol. The molecule has 2 amide bonds. The molecule has 0 spiro atoms. The van der Waals surface area contributed by atoms with Crippen LogP contribution in [0.5, 0.6) is 0 Å². The number of hydroxylamine groups is 1. The summed E-state index contributed by atoms with van der Waals surface area (Å²) in [5.74, 6) is -1.09. The number of carbonyl (C=O) groups is 3. The molecule has 3 N–H and O–H groups in total. The van der Waals surface area contributed by atoms with Crippen molar-refractivity contribution in [2.24, 2.45) is 0 Å². The number of ether oxygens (including phenoxy) is 1. The molecule has 0 aliphatic heterocycles. The van der Waals surface area contributed by atoms with Crippen LogP contribution in [-0.4, -0.2) is 36.1 Å². The second-order valence-electron chi connectivity index (χ2n) is 7.86. The predicted octanol–water partition coefficient (Wildman–Crippen LogP) is 3.71. The number of aryl methyl sites for hydroxylation is 1. The lowest BCUT2D eigenvalue weighted by Crippen LogP contribution is -2.43. The minimum atomic E-state index is -0.744. The number of hydrogen-bond acceptors (Lipinski definition) is 5. The number of esters is 1. The van der Waals surface area contributed by atoms with Crippen molar-refractivity contribution in [2.45, 2.75) is 57.9 Å². The zero-order chi connectivity index (χ0) is 23.3. The molecule has 0 aliphatic rings. The van der Waals surface area contributed by atoms with E-state index in [1.165, 1.54) is 12.7 Å². The number of nitrogens with one attached hydrogen (secondary N) is 2. The van der Waals surface area contributed by atoms with Crippen molar-refractivity contribution in [3.63, 3.8) is 0 Å². The Balaban J connectivity index is 1.84. The SMILES string of the molecule is COC(=O)C(Cc1ccc(-c2ccc(C)cc2)cc1)NC(=O)CCCCCCC(=O)NO. The molecule has 0 fully saturated rings. The van der Waals surface area contributed by atoms with Gasteiger partial charge in [-0.2, -0.15) is 0 Å². The highest BCUT2D eigenvalue weighted by atomic mass is 16.5. The molecule has 0 aliphatic carbocycles. The normalized spacial score (nSPS) is 11.5. The van der Waals surface area contributed by atoms with Gasteiger partial charge in [-0.3, -0.25) is 14.8 Å². The Morgan fingerprint density at radius 2 is 1.38 bits per heavy atom. The van der Waals surface area contributed by atoms with Gasteiger partial charge in [0.2, 0.25) is 11.8 Å². The van der Waals surface area contributed by atoms with Gasteiger partial charge in [0.15, 0.2) is 0 Å². The number of unbranched alkanes of at least 4 members (excludes halogenated alkanes) is 3. The molecule has 2 aromatic rings. The number of amides is 2. The van der Waals surface area contributed by atoms with Crippen LogP contribution in [0.1, 0.15) is 49.7 Å². The molecule has 0 radical (unpaired) electrons. The van der Waals surface area contributed by atoms with E-state index < -0.39 is 17.9 Å². The van der Waals surface area contributed by atoms with Crippen LogP contribution in [0.15, 0.2) is 48.5 Å². The van der Waals surface area contributed by atoms with E-state index in [-0.39, 0.29) is 12.3 Å². The number of methoxy groups -OCH3 is 1. The second-order valence-corrected chi connectivity index (χ2v) is 7.86. The zero-order valence-electron chi connectivity index (χ0n) is 18.7. The smallest absolute Gasteiger partial charge is 0.328 e. The molecule has 0 bridgehead atoms. The Morgan fingerprint density at radius 1 is 0.844 bits per heavy atom. The summed E-state index contributed by atoms with van der Waals surface area (Å²) < 4.78 is 4.87. The summed E-state index contributed by atoms with van der Waals surface area (Å²) in [6.45, 7) is 2.05. The van der Waals surface area contributed by atoms with E-state index in [1.807, 2.05) is 31.2 Å². The molecule has 7 heteroatoms. The third kappa shape index (κ3) is 8.51. The summed E-state index contributed by atoms with van der Waals surface area (Å²) >= 11 is 0. The van der Waals surface area contributed by atoms with Crippen molar-refractivity contribution in [3.8, 4) is 11.1 Å². The lowest BCUT2D eigenvalue weighted by atomic mass is 10.00. The minimum absolute atomic E-state index is 0.204. The maximum atomic E-state index is 12.3. The van der Waals surface area contributed by atoms with Crippen LogP contribution in [0.2, 0.25) is 0 Å². The van der Waals surface area contributed by atoms with E-state index in [2.05, 4.69) is 29.6 Å². The van der Waals surface area contributed by atoms with Gasteiger partial charge >= 0.3 is 5.97 Å². The van der Waals surface area contributed by atoms with Crippen molar-refractivity contribution >= 4 is 17.8 Å². The molecule has 172 valence electrons. The van der Waals surface area contributed by atoms with Gasteiger partial charge in [0.05, 0.1) is 7.11 Å². The maximum absolute atomic E-state index is 12.3. The van der Waals surface area contributed by atoms with E-state index in [0.29, 0.717) is 25.7 Å².